The van der Waals surface area contributed by atoms with Crippen LogP contribution in [0, 0.1) is 11.8 Å². The molecule has 0 saturated carbocycles. The number of benzene rings is 1. The van der Waals surface area contributed by atoms with Gasteiger partial charge in [-0.3, -0.25) is 4.79 Å². The highest BCUT2D eigenvalue weighted by molar-refractivity contribution is 6.73. The average molecular weight is 387 g/mol. The molecule has 1 aromatic rings. The van der Waals surface area contributed by atoms with E-state index in [1.807, 2.05) is 18.2 Å². The molecule has 0 aliphatic rings. The standard InChI is InChI=1S/C23H34O3Si/c1-5-9-16-22(24)17-13-18-23(26-27(6-2,7-3)8-4)20-25-19-21-14-11-10-12-15-21/h5,10-12,14-15,23H,1,6-9,16,18-20H2,2-4H3/t23-/m0/s1. The molecule has 4 heteroatoms. The third-order valence-electron chi connectivity index (χ3n) is 4.90. The predicted octanol–water partition coefficient (Wildman–Crippen LogP) is 5.52. The Morgan fingerprint density at radius 2 is 1.85 bits per heavy atom. The lowest BCUT2D eigenvalue weighted by Gasteiger charge is -2.32. The number of allylic oxidation sites excluding steroid dienone is 1. The highest BCUT2D eigenvalue weighted by Gasteiger charge is 2.31. The van der Waals surface area contributed by atoms with Gasteiger partial charge in [-0.05, 0) is 36.0 Å². The van der Waals surface area contributed by atoms with Gasteiger partial charge in [0.25, 0.3) is 0 Å². The van der Waals surface area contributed by atoms with Crippen LogP contribution < -0.4 is 0 Å². The van der Waals surface area contributed by atoms with Crippen LogP contribution in [0.5, 0.6) is 0 Å². The molecule has 1 aromatic carbocycles. The zero-order chi connectivity index (χ0) is 20.0. The first-order chi connectivity index (χ1) is 13.1. The number of ether oxygens (including phenoxy) is 1. The molecule has 0 unspecified atom stereocenters. The molecular formula is C23H34O3Si. The summed E-state index contributed by atoms with van der Waals surface area (Å²) in [6, 6.07) is 13.4. The van der Waals surface area contributed by atoms with E-state index >= 15 is 0 Å². The van der Waals surface area contributed by atoms with Crippen LogP contribution >= 0.6 is 0 Å². The Bertz CT molecular complexity index is 603. The first-order valence-corrected chi connectivity index (χ1v) is 12.5. The lowest BCUT2D eigenvalue weighted by molar-refractivity contribution is -0.113. The van der Waals surface area contributed by atoms with Gasteiger partial charge in [0.2, 0.25) is 5.78 Å². The van der Waals surface area contributed by atoms with Crippen LogP contribution in [-0.2, 0) is 20.6 Å². The SMILES string of the molecule is C=CCCC(=O)C#CC[C@@H](COCc1ccccc1)O[Si](CC)(CC)CC. The molecule has 0 fully saturated rings. The minimum atomic E-state index is -1.75. The maximum absolute atomic E-state index is 11.8. The van der Waals surface area contributed by atoms with Crippen molar-refractivity contribution in [3.8, 4) is 11.8 Å². The van der Waals surface area contributed by atoms with Crippen molar-refractivity contribution in [2.24, 2.45) is 0 Å². The molecular weight excluding hydrogens is 352 g/mol. The number of hydrogen-bond donors (Lipinski definition) is 0. The van der Waals surface area contributed by atoms with Gasteiger partial charge in [-0.15, -0.1) is 6.58 Å². The average Bonchev–Trinajstić information content (AvgIpc) is 2.71. The molecule has 0 heterocycles. The van der Waals surface area contributed by atoms with Gasteiger partial charge >= 0.3 is 0 Å². The minimum absolute atomic E-state index is 0.0381. The van der Waals surface area contributed by atoms with Crippen LogP contribution in [0.3, 0.4) is 0 Å². The fourth-order valence-corrected chi connectivity index (χ4v) is 5.79. The number of rotatable bonds is 13. The fraction of sp³-hybridized carbons (Fsp3) is 0.522. The van der Waals surface area contributed by atoms with Gasteiger partial charge in [-0.2, -0.15) is 0 Å². The van der Waals surface area contributed by atoms with E-state index < -0.39 is 8.32 Å². The van der Waals surface area contributed by atoms with Crippen molar-refractivity contribution in [3.05, 3.63) is 48.6 Å². The highest BCUT2D eigenvalue weighted by atomic mass is 28.4. The summed E-state index contributed by atoms with van der Waals surface area (Å²) in [5.74, 6) is 5.72. The third kappa shape index (κ3) is 9.19. The van der Waals surface area contributed by atoms with Gasteiger partial charge in [-0.1, -0.05) is 63.1 Å². The van der Waals surface area contributed by atoms with Crippen molar-refractivity contribution in [2.75, 3.05) is 6.61 Å². The second-order valence-electron chi connectivity index (χ2n) is 6.74. The number of ketones is 1. The summed E-state index contributed by atoms with van der Waals surface area (Å²) in [6.07, 6.45) is 3.30. The van der Waals surface area contributed by atoms with E-state index in [9.17, 15) is 4.79 Å². The number of carbonyl (C=O) groups is 1. The molecule has 1 atom stereocenters. The summed E-state index contributed by atoms with van der Waals surface area (Å²) in [6.45, 7) is 11.3. The second-order valence-corrected chi connectivity index (χ2v) is 11.5. The molecule has 27 heavy (non-hydrogen) atoms. The van der Waals surface area contributed by atoms with E-state index in [2.05, 4.69) is 51.3 Å². The Balaban J connectivity index is 2.68. The molecule has 148 valence electrons. The Labute approximate surface area is 166 Å². The van der Waals surface area contributed by atoms with Gasteiger partial charge in [-0.25, -0.2) is 0 Å². The number of carbonyl (C=O) groups excluding carboxylic acids is 1. The highest BCUT2D eigenvalue weighted by Crippen LogP contribution is 2.24. The van der Waals surface area contributed by atoms with E-state index in [4.69, 9.17) is 9.16 Å². The van der Waals surface area contributed by atoms with Gasteiger partial charge < -0.3 is 9.16 Å². The van der Waals surface area contributed by atoms with Crippen LogP contribution in [0.25, 0.3) is 0 Å². The Morgan fingerprint density at radius 1 is 1.19 bits per heavy atom. The number of Topliss-reactive ketones (excluding diaryl/α,β-unsaturated/α-hetero) is 1. The van der Waals surface area contributed by atoms with Crippen molar-refractivity contribution in [3.63, 3.8) is 0 Å². The first-order valence-electron chi connectivity index (χ1n) is 10.0. The molecule has 1 rings (SSSR count). The van der Waals surface area contributed by atoms with Gasteiger partial charge in [0.1, 0.15) is 0 Å². The topological polar surface area (TPSA) is 35.5 Å². The lowest BCUT2D eigenvalue weighted by atomic mass is 10.2. The van der Waals surface area contributed by atoms with Crippen molar-refractivity contribution in [2.45, 2.75) is 70.9 Å². The molecule has 0 N–H and O–H groups in total. The number of hydrogen-bond acceptors (Lipinski definition) is 3. The summed E-state index contributed by atoms with van der Waals surface area (Å²) in [4.78, 5) is 11.8. The van der Waals surface area contributed by atoms with Crippen molar-refractivity contribution < 1.29 is 14.0 Å². The monoisotopic (exact) mass is 386 g/mol. The maximum atomic E-state index is 11.8. The quantitative estimate of drug-likeness (QED) is 0.194. The van der Waals surface area contributed by atoms with E-state index in [0.717, 1.165) is 23.7 Å². The largest absolute Gasteiger partial charge is 0.411 e. The summed E-state index contributed by atoms with van der Waals surface area (Å²) in [5, 5.41) is 0. The zero-order valence-corrected chi connectivity index (χ0v) is 18.1. The van der Waals surface area contributed by atoms with E-state index in [1.54, 1.807) is 6.08 Å². The Morgan fingerprint density at radius 3 is 2.44 bits per heavy atom. The van der Waals surface area contributed by atoms with Crippen LogP contribution in [0.4, 0.5) is 0 Å². The second kappa shape index (κ2) is 13.5. The summed E-state index contributed by atoms with van der Waals surface area (Å²) < 4.78 is 12.5. The summed E-state index contributed by atoms with van der Waals surface area (Å²) in [7, 11) is -1.75. The van der Waals surface area contributed by atoms with E-state index in [1.165, 1.54) is 0 Å². The smallest absolute Gasteiger partial charge is 0.205 e. The summed E-state index contributed by atoms with van der Waals surface area (Å²) >= 11 is 0. The van der Waals surface area contributed by atoms with E-state index in [-0.39, 0.29) is 11.9 Å². The van der Waals surface area contributed by atoms with Gasteiger partial charge in [0.05, 0.1) is 19.3 Å². The fourth-order valence-electron chi connectivity index (χ4n) is 2.93. The van der Waals surface area contributed by atoms with Crippen molar-refractivity contribution >= 4 is 14.1 Å². The molecule has 0 bridgehead atoms. The normalized spacial score (nSPS) is 12.1. The van der Waals surface area contributed by atoms with Crippen molar-refractivity contribution in [1.29, 1.82) is 0 Å². The van der Waals surface area contributed by atoms with Crippen LogP contribution in [-0.4, -0.2) is 26.8 Å². The molecule has 0 aromatic heterocycles. The predicted molar refractivity (Wildman–Crippen MR) is 115 cm³/mol. The zero-order valence-electron chi connectivity index (χ0n) is 17.1. The maximum Gasteiger partial charge on any atom is 0.205 e. The van der Waals surface area contributed by atoms with Gasteiger partial charge in [0, 0.05) is 12.8 Å². The first kappa shape index (κ1) is 23.4. The molecule has 0 amide bonds. The van der Waals surface area contributed by atoms with Gasteiger partial charge in [0.15, 0.2) is 8.32 Å². The molecule has 0 saturated heterocycles. The molecule has 0 radical (unpaired) electrons. The third-order valence-corrected chi connectivity index (χ3v) is 9.60. The lowest BCUT2D eigenvalue weighted by Crippen LogP contribution is -2.41. The van der Waals surface area contributed by atoms with Crippen LogP contribution in [0.1, 0.15) is 45.6 Å². The minimum Gasteiger partial charge on any atom is -0.411 e. The van der Waals surface area contributed by atoms with Crippen LogP contribution in [0.15, 0.2) is 43.0 Å². The molecule has 3 nitrogen and oxygen atoms in total. The summed E-state index contributed by atoms with van der Waals surface area (Å²) in [5.41, 5.74) is 1.15. The molecule has 0 aliphatic carbocycles. The molecule has 0 aliphatic heterocycles. The Kier molecular flexibility index (Phi) is 11.7. The Hall–Kier alpha value is -1.67. The van der Waals surface area contributed by atoms with Crippen LogP contribution in [0.2, 0.25) is 18.1 Å². The van der Waals surface area contributed by atoms with E-state index in [0.29, 0.717) is 32.5 Å². The molecule has 0 spiro atoms. The van der Waals surface area contributed by atoms with Crippen molar-refractivity contribution in [1.82, 2.24) is 0 Å².